The van der Waals surface area contributed by atoms with Gasteiger partial charge in [-0.3, -0.25) is 9.63 Å². The van der Waals surface area contributed by atoms with E-state index in [0.717, 1.165) is 23.7 Å². The Morgan fingerprint density at radius 3 is 2.42 bits per heavy atom. The Kier molecular flexibility index (Phi) is 6.94. The third kappa shape index (κ3) is 4.50. The van der Waals surface area contributed by atoms with Gasteiger partial charge in [0.2, 0.25) is 0 Å². The maximum atomic E-state index is 12.5. The quantitative estimate of drug-likeness (QED) is 0.691. The molecule has 142 valence electrons. The van der Waals surface area contributed by atoms with Crippen LogP contribution in [0.1, 0.15) is 40.4 Å². The highest BCUT2D eigenvalue weighted by Crippen LogP contribution is 2.26. The van der Waals surface area contributed by atoms with E-state index in [9.17, 15) is 13.2 Å². The lowest BCUT2D eigenvalue weighted by Gasteiger charge is -2.14. The van der Waals surface area contributed by atoms with E-state index in [1.165, 1.54) is 48.1 Å². The van der Waals surface area contributed by atoms with E-state index < -0.39 is 10.0 Å². The topological polar surface area (TPSA) is 75.7 Å². The summed E-state index contributed by atoms with van der Waals surface area (Å²) in [6.07, 6.45) is 2.92. The second kappa shape index (κ2) is 8.77. The molecule has 0 spiro atoms. The first-order chi connectivity index (χ1) is 12.3. The fourth-order valence-electron chi connectivity index (χ4n) is 2.47. The number of rotatable bonds is 8. The molecule has 0 aliphatic heterocycles. The maximum Gasteiger partial charge on any atom is 0.265 e. The molecular formula is C18H24N2O4S2. The predicted molar refractivity (Wildman–Crippen MR) is 104 cm³/mol. The molecule has 1 N–H and O–H groups in total. The molecule has 2 rings (SSSR count). The molecule has 0 aliphatic carbocycles. The van der Waals surface area contributed by atoms with Crippen molar-refractivity contribution in [3.63, 3.8) is 0 Å². The van der Waals surface area contributed by atoms with Gasteiger partial charge in [-0.1, -0.05) is 24.7 Å². The van der Waals surface area contributed by atoms with Gasteiger partial charge in [-0.25, -0.2) is 8.42 Å². The van der Waals surface area contributed by atoms with Gasteiger partial charge in [0.25, 0.3) is 15.9 Å². The Hall–Kier alpha value is -1.74. The molecular weight excluding hydrogens is 372 g/mol. The number of sulfonamides is 1. The number of hydroxylamine groups is 1. The third-order valence-electron chi connectivity index (χ3n) is 3.98. The lowest BCUT2D eigenvalue weighted by Crippen LogP contribution is -2.25. The number of thiophene rings is 1. The SMILES string of the molecule is CCCc1sc(C(=O)Nc2ccc(S(=O)(=O)N(C)OC)cc2)cc1CC. The van der Waals surface area contributed by atoms with E-state index >= 15 is 0 Å². The Balaban J connectivity index is 2.15. The highest BCUT2D eigenvalue weighted by Gasteiger charge is 2.20. The van der Waals surface area contributed by atoms with Gasteiger partial charge in [0.1, 0.15) is 0 Å². The number of hydrogen-bond donors (Lipinski definition) is 1. The van der Waals surface area contributed by atoms with Crippen LogP contribution in [0.2, 0.25) is 0 Å². The fraction of sp³-hybridized carbons (Fsp3) is 0.389. The Labute approximate surface area is 158 Å². The Morgan fingerprint density at radius 2 is 1.88 bits per heavy atom. The summed E-state index contributed by atoms with van der Waals surface area (Å²) in [5, 5.41) is 2.82. The van der Waals surface area contributed by atoms with E-state index in [1.54, 1.807) is 12.1 Å². The third-order valence-corrected chi connectivity index (χ3v) is 6.91. The summed E-state index contributed by atoms with van der Waals surface area (Å²) in [6, 6.07) is 7.95. The maximum absolute atomic E-state index is 12.5. The van der Waals surface area contributed by atoms with Crippen LogP contribution in [0.4, 0.5) is 5.69 Å². The number of hydrogen-bond acceptors (Lipinski definition) is 5. The molecule has 0 atom stereocenters. The number of nitrogens with one attached hydrogen (secondary N) is 1. The van der Waals surface area contributed by atoms with Crippen LogP contribution in [0.3, 0.4) is 0 Å². The normalized spacial score (nSPS) is 11.7. The lowest BCUT2D eigenvalue weighted by molar-refractivity contribution is -0.0258. The second-order valence-corrected chi connectivity index (χ2v) is 8.81. The molecule has 1 heterocycles. The van der Waals surface area contributed by atoms with Gasteiger partial charge >= 0.3 is 0 Å². The van der Waals surface area contributed by atoms with Crippen LogP contribution in [-0.4, -0.2) is 33.0 Å². The van der Waals surface area contributed by atoms with Gasteiger partial charge < -0.3 is 5.32 Å². The molecule has 0 radical (unpaired) electrons. The Bertz CT molecular complexity index is 858. The van der Waals surface area contributed by atoms with Gasteiger partial charge in [0, 0.05) is 17.6 Å². The number of amides is 1. The first-order valence-corrected chi connectivity index (χ1v) is 10.6. The average molecular weight is 397 g/mol. The monoisotopic (exact) mass is 396 g/mol. The highest BCUT2D eigenvalue weighted by atomic mass is 32.2. The highest BCUT2D eigenvalue weighted by molar-refractivity contribution is 7.89. The molecule has 8 heteroatoms. The minimum Gasteiger partial charge on any atom is -0.321 e. The molecule has 1 aromatic heterocycles. The van der Waals surface area contributed by atoms with Crippen molar-refractivity contribution in [3.8, 4) is 0 Å². The smallest absolute Gasteiger partial charge is 0.265 e. The van der Waals surface area contributed by atoms with Crippen molar-refractivity contribution in [2.24, 2.45) is 0 Å². The lowest BCUT2D eigenvalue weighted by atomic mass is 10.1. The zero-order valence-electron chi connectivity index (χ0n) is 15.4. The Morgan fingerprint density at radius 1 is 1.23 bits per heavy atom. The number of nitrogens with zero attached hydrogens (tertiary/aromatic N) is 1. The molecule has 0 bridgehead atoms. The van der Waals surface area contributed by atoms with Crippen LogP contribution >= 0.6 is 11.3 Å². The van der Waals surface area contributed by atoms with Crippen molar-refractivity contribution in [3.05, 3.63) is 45.6 Å². The molecule has 0 saturated carbocycles. The van der Waals surface area contributed by atoms with Crippen molar-refractivity contribution in [1.29, 1.82) is 0 Å². The van der Waals surface area contributed by atoms with E-state index in [2.05, 4.69) is 19.2 Å². The largest absolute Gasteiger partial charge is 0.321 e. The van der Waals surface area contributed by atoms with Crippen LogP contribution in [-0.2, 0) is 27.7 Å². The number of anilines is 1. The van der Waals surface area contributed by atoms with E-state index in [-0.39, 0.29) is 10.8 Å². The molecule has 0 aliphatic rings. The molecule has 26 heavy (non-hydrogen) atoms. The molecule has 0 fully saturated rings. The fourth-order valence-corrected chi connectivity index (χ4v) is 4.69. The van der Waals surface area contributed by atoms with Crippen molar-refractivity contribution in [2.75, 3.05) is 19.5 Å². The summed E-state index contributed by atoms with van der Waals surface area (Å²) in [5.41, 5.74) is 1.75. The van der Waals surface area contributed by atoms with Gasteiger partial charge in [-0.2, -0.15) is 0 Å². The first kappa shape index (κ1) is 20.6. The number of carbonyl (C=O) groups excluding carboxylic acids is 1. The molecule has 6 nitrogen and oxygen atoms in total. The van der Waals surface area contributed by atoms with Crippen LogP contribution in [0.5, 0.6) is 0 Å². The zero-order valence-corrected chi connectivity index (χ0v) is 17.0. The van der Waals surface area contributed by atoms with Crippen LogP contribution in [0.15, 0.2) is 35.2 Å². The van der Waals surface area contributed by atoms with Gasteiger partial charge in [-0.05, 0) is 48.7 Å². The molecule has 1 aromatic carbocycles. The van der Waals surface area contributed by atoms with E-state index in [4.69, 9.17) is 4.84 Å². The van der Waals surface area contributed by atoms with Gasteiger partial charge in [0.15, 0.2) is 0 Å². The predicted octanol–water partition coefficient (Wildman–Crippen LogP) is 3.70. The summed E-state index contributed by atoms with van der Waals surface area (Å²) < 4.78 is 25.1. The zero-order chi connectivity index (χ0) is 19.3. The summed E-state index contributed by atoms with van der Waals surface area (Å²) in [7, 11) is -1.10. The standard InChI is InChI=1S/C18H24N2O4S2/c1-5-7-16-13(6-2)12-17(25-16)18(21)19-14-8-10-15(11-9-14)26(22,23)20(3)24-4/h8-12H,5-7H2,1-4H3,(H,19,21). The molecule has 0 saturated heterocycles. The summed E-state index contributed by atoms with van der Waals surface area (Å²) in [6.45, 7) is 4.20. The number of carbonyl (C=O) groups is 1. The minimum absolute atomic E-state index is 0.0921. The van der Waals surface area contributed by atoms with Crippen molar-refractivity contribution in [2.45, 2.75) is 38.0 Å². The average Bonchev–Trinajstić information content (AvgIpc) is 3.05. The molecule has 2 aromatic rings. The van der Waals surface area contributed by atoms with Gasteiger partial charge in [0.05, 0.1) is 16.9 Å². The summed E-state index contributed by atoms with van der Waals surface area (Å²) >= 11 is 1.52. The van der Waals surface area contributed by atoms with Crippen LogP contribution < -0.4 is 5.32 Å². The second-order valence-electron chi connectivity index (χ2n) is 5.74. The van der Waals surface area contributed by atoms with E-state index in [0.29, 0.717) is 10.6 Å². The minimum atomic E-state index is -3.70. The molecule has 1 amide bonds. The summed E-state index contributed by atoms with van der Waals surface area (Å²) in [4.78, 5) is 19.2. The van der Waals surface area contributed by atoms with Crippen molar-refractivity contribution < 1.29 is 18.0 Å². The number of aryl methyl sites for hydroxylation is 2. The first-order valence-electron chi connectivity index (χ1n) is 8.39. The van der Waals surface area contributed by atoms with Crippen molar-refractivity contribution in [1.82, 2.24) is 4.47 Å². The van der Waals surface area contributed by atoms with Crippen LogP contribution in [0.25, 0.3) is 0 Å². The van der Waals surface area contributed by atoms with Crippen molar-refractivity contribution >= 4 is 33.0 Å². The van der Waals surface area contributed by atoms with E-state index in [1.807, 2.05) is 6.07 Å². The number of benzene rings is 1. The van der Waals surface area contributed by atoms with Gasteiger partial charge in [-0.15, -0.1) is 11.3 Å². The molecule has 0 unspecified atom stereocenters. The van der Waals surface area contributed by atoms with Crippen LogP contribution in [0, 0.1) is 0 Å². The summed E-state index contributed by atoms with van der Waals surface area (Å²) in [5.74, 6) is -0.184.